The first-order valence-electron chi connectivity index (χ1n) is 11.0. The second-order valence-corrected chi connectivity index (χ2v) is 8.66. The number of carbonyl (C=O) groups is 3. The van der Waals surface area contributed by atoms with Crippen LogP contribution in [0.5, 0.6) is 11.5 Å². The molecule has 1 fully saturated rings. The predicted molar refractivity (Wildman–Crippen MR) is 127 cm³/mol. The van der Waals surface area contributed by atoms with E-state index in [2.05, 4.69) is 5.32 Å². The number of hydrogen-bond donors (Lipinski definition) is 2. The van der Waals surface area contributed by atoms with Crippen LogP contribution < -0.4 is 20.5 Å². The lowest BCUT2D eigenvalue weighted by Gasteiger charge is -2.24. The van der Waals surface area contributed by atoms with Crippen molar-refractivity contribution in [1.82, 2.24) is 14.8 Å². The average molecular weight is 521 g/mol. The van der Waals surface area contributed by atoms with Gasteiger partial charge in [-0.15, -0.1) is 0 Å². The molecule has 2 aromatic carbocycles. The molecule has 0 radical (unpaired) electrons. The van der Waals surface area contributed by atoms with Crippen LogP contribution in [-0.4, -0.2) is 53.2 Å². The van der Waals surface area contributed by atoms with E-state index >= 15 is 0 Å². The summed E-state index contributed by atoms with van der Waals surface area (Å²) in [5.41, 5.74) is 5.82. The molecular weight excluding hydrogens is 498 g/mol. The zero-order chi connectivity index (χ0) is 26.0. The van der Waals surface area contributed by atoms with Crippen molar-refractivity contribution in [3.63, 3.8) is 0 Å². The number of likely N-dealkylation sites (tertiary alicyclic amines) is 1. The van der Waals surface area contributed by atoms with E-state index < -0.39 is 35.9 Å². The van der Waals surface area contributed by atoms with E-state index in [1.165, 1.54) is 30.0 Å². The van der Waals surface area contributed by atoms with Gasteiger partial charge in [0.25, 0.3) is 0 Å². The van der Waals surface area contributed by atoms with E-state index in [4.69, 9.17) is 26.8 Å². The van der Waals surface area contributed by atoms with E-state index in [1.807, 2.05) is 0 Å². The first-order valence-corrected chi connectivity index (χ1v) is 11.3. The van der Waals surface area contributed by atoms with Crippen molar-refractivity contribution in [1.29, 1.82) is 0 Å². The summed E-state index contributed by atoms with van der Waals surface area (Å²) in [4.78, 5) is 38.5. The van der Waals surface area contributed by atoms with Crippen LogP contribution in [0.4, 0.5) is 13.6 Å². The Kier molecular flexibility index (Phi) is 7.30. The number of nitrogens with two attached hydrogens (primary N) is 1. The third-order valence-electron chi connectivity index (χ3n) is 5.93. The van der Waals surface area contributed by atoms with E-state index in [9.17, 15) is 23.2 Å². The second-order valence-electron chi connectivity index (χ2n) is 8.25. The van der Waals surface area contributed by atoms with E-state index in [0.717, 1.165) is 4.90 Å². The van der Waals surface area contributed by atoms with Crippen LogP contribution in [0.1, 0.15) is 12.0 Å². The lowest BCUT2D eigenvalue weighted by atomic mass is 10.1. The van der Waals surface area contributed by atoms with Gasteiger partial charge in [-0.05, 0) is 18.2 Å². The highest BCUT2D eigenvalue weighted by molar-refractivity contribution is 6.30. The number of fused-ring (bicyclic) bond motifs is 1. The summed E-state index contributed by atoms with van der Waals surface area (Å²) >= 11 is 5.77. The number of nitrogens with zero attached hydrogens (tertiary/aromatic N) is 2. The van der Waals surface area contributed by atoms with Crippen molar-refractivity contribution in [3.8, 4) is 11.5 Å². The van der Waals surface area contributed by atoms with Crippen molar-refractivity contribution in [2.24, 2.45) is 5.73 Å². The molecule has 3 amide bonds. The minimum atomic E-state index is -1.40. The molecular formula is C24H23ClF2N4O5. The monoisotopic (exact) mass is 520 g/mol. The van der Waals surface area contributed by atoms with Gasteiger partial charge in [0, 0.05) is 36.2 Å². The molecule has 9 nitrogen and oxygen atoms in total. The molecule has 0 aliphatic carbocycles. The standard InChI is InChI=1S/C24H23ClF2N4O5/c1-35-15-5-6-16-18(8-15)30(11-20(16)36-24(28)34)12-21(32)31-10-14(26)7-19(31)23(33)29-9-13-3-2-4-17(25)22(13)27/h2-6,8,11,14,19H,7,9-10,12H2,1H3,(H2,28,34)(H,29,33)/t14-,19+/m1/s1. The molecule has 1 aliphatic heterocycles. The van der Waals surface area contributed by atoms with Gasteiger partial charge in [-0.1, -0.05) is 23.7 Å². The molecule has 3 N–H and O–H groups in total. The number of hydrogen-bond acceptors (Lipinski definition) is 5. The van der Waals surface area contributed by atoms with Gasteiger partial charge in [0.05, 0.1) is 24.2 Å². The summed E-state index contributed by atoms with van der Waals surface area (Å²) in [6, 6.07) is 8.26. The number of ether oxygens (including phenoxy) is 2. The SMILES string of the molecule is COc1ccc2c(OC(N)=O)cn(CC(=O)N3C[C@H](F)C[C@H]3C(=O)NCc3cccc(Cl)c3F)c2c1. The van der Waals surface area contributed by atoms with Gasteiger partial charge in [-0.2, -0.15) is 0 Å². The molecule has 1 aliphatic rings. The number of benzene rings is 2. The van der Waals surface area contributed by atoms with Gasteiger partial charge in [-0.25, -0.2) is 13.6 Å². The van der Waals surface area contributed by atoms with Gasteiger partial charge in [-0.3, -0.25) is 9.59 Å². The van der Waals surface area contributed by atoms with Crippen LogP contribution in [0, 0.1) is 5.82 Å². The number of alkyl halides is 1. The Morgan fingerprint density at radius 3 is 2.75 bits per heavy atom. The van der Waals surface area contributed by atoms with Gasteiger partial charge in [0.1, 0.15) is 30.3 Å². The molecule has 4 rings (SSSR count). The number of amides is 3. The van der Waals surface area contributed by atoms with Crippen LogP contribution in [0.25, 0.3) is 10.9 Å². The van der Waals surface area contributed by atoms with Gasteiger partial charge >= 0.3 is 6.09 Å². The lowest BCUT2D eigenvalue weighted by Crippen LogP contribution is -2.46. The van der Waals surface area contributed by atoms with Gasteiger partial charge in [0.2, 0.25) is 11.8 Å². The Labute approximate surface area is 209 Å². The molecule has 12 heteroatoms. The summed E-state index contributed by atoms with van der Waals surface area (Å²) in [6.07, 6.45) is -1.19. The van der Waals surface area contributed by atoms with Crippen LogP contribution in [0.2, 0.25) is 5.02 Å². The number of rotatable bonds is 7. The Balaban J connectivity index is 1.53. The summed E-state index contributed by atoms with van der Waals surface area (Å²) < 4.78 is 40.2. The summed E-state index contributed by atoms with van der Waals surface area (Å²) in [6.45, 7) is -0.711. The first-order chi connectivity index (χ1) is 17.2. The molecule has 0 unspecified atom stereocenters. The number of aromatic nitrogens is 1. The number of methoxy groups -OCH3 is 1. The van der Waals surface area contributed by atoms with Crippen LogP contribution in [0.15, 0.2) is 42.6 Å². The number of nitrogens with one attached hydrogen (secondary N) is 1. The summed E-state index contributed by atoms with van der Waals surface area (Å²) in [5, 5.41) is 2.98. The van der Waals surface area contributed by atoms with Crippen LogP contribution >= 0.6 is 11.6 Å². The Morgan fingerprint density at radius 2 is 2.03 bits per heavy atom. The number of carbonyl (C=O) groups excluding carboxylic acids is 3. The Bertz CT molecular complexity index is 1330. The van der Waals surface area contributed by atoms with Crippen LogP contribution in [0.3, 0.4) is 0 Å². The Morgan fingerprint density at radius 1 is 1.25 bits per heavy atom. The zero-order valence-corrected chi connectivity index (χ0v) is 19.9. The van der Waals surface area contributed by atoms with E-state index in [0.29, 0.717) is 16.7 Å². The highest BCUT2D eigenvalue weighted by Gasteiger charge is 2.39. The van der Waals surface area contributed by atoms with Gasteiger partial charge in [0.15, 0.2) is 5.75 Å². The maximum absolute atomic E-state index is 14.3. The normalized spacial score (nSPS) is 17.3. The number of primary amides is 1. The van der Waals surface area contributed by atoms with Crippen molar-refractivity contribution in [2.75, 3.05) is 13.7 Å². The Hall–Kier alpha value is -3.86. The van der Waals surface area contributed by atoms with Crippen molar-refractivity contribution in [3.05, 3.63) is 59.0 Å². The highest BCUT2D eigenvalue weighted by Crippen LogP contribution is 2.32. The average Bonchev–Trinajstić information content (AvgIpc) is 3.39. The third-order valence-corrected chi connectivity index (χ3v) is 6.22. The molecule has 0 saturated carbocycles. The highest BCUT2D eigenvalue weighted by atomic mass is 35.5. The maximum Gasteiger partial charge on any atom is 0.410 e. The van der Waals surface area contributed by atoms with Crippen molar-refractivity contribution < 1.29 is 32.6 Å². The summed E-state index contributed by atoms with van der Waals surface area (Å²) in [5.74, 6) is -1.17. The fourth-order valence-electron chi connectivity index (χ4n) is 4.22. The molecule has 36 heavy (non-hydrogen) atoms. The minimum Gasteiger partial charge on any atom is -0.497 e. The number of halogens is 3. The molecule has 3 aromatic rings. The zero-order valence-electron chi connectivity index (χ0n) is 19.2. The summed E-state index contributed by atoms with van der Waals surface area (Å²) in [7, 11) is 1.48. The van der Waals surface area contributed by atoms with Gasteiger partial charge < -0.3 is 30.0 Å². The lowest BCUT2D eigenvalue weighted by molar-refractivity contribution is -0.139. The first kappa shape index (κ1) is 25.2. The smallest absolute Gasteiger partial charge is 0.410 e. The molecule has 190 valence electrons. The molecule has 1 saturated heterocycles. The quantitative estimate of drug-likeness (QED) is 0.496. The molecule has 0 bridgehead atoms. The third kappa shape index (κ3) is 5.20. The molecule has 0 spiro atoms. The van der Waals surface area contributed by atoms with Crippen molar-refractivity contribution in [2.45, 2.75) is 31.7 Å². The minimum absolute atomic E-state index is 0.0847. The molecule has 2 atom stereocenters. The maximum atomic E-state index is 14.3. The largest absolute Gasteiger partial charge is 0.497 e. The fourth-order valence-corrected chi connectivity index (χ4v) is 4.41. The fraction of sp³-hybridized carbons (Fsp3) is 0.292. The molecule has 2 heterocycles. The topological polar surface area (TPSA) is 116 Å². The van der Waals surface area contributed by atoms with E-state index in [-0.39, 0.29) is 42.4 Å². The molecule has 1 aromatic heterocycles. The van der Waals surface area contributed by atoms with Crippen LogP contribution in [-0.2, 0) is 22.7 Å². The van der Waals surface area contributed by atoms with Crippen molar-refractivity contribution >= 4 is 40.4 Å². The predicted octanol–water partition coefficient (Wildman–Crippen LogP) is 3.16. The van der Waals surface area contributed by atoms with E-state index in [1.54, 1.807) is 24.3 Å². The second kappa shape index (κ2) is 10.4.